The average molecular weight is 364 g/mol. The molecule has 2 aromatic rings. The Kier molecular flexibility index (Phi) is 5.77. The SMILES string of the molecule is CN(C)C(=O)COc1cccc(CNc2cncc(Br)c2)c1. The van der Waals surface area contributed by atoms with Crippen LogP contribution in [0.4, 0.5) is 5.69 Å². The van der Waals surface area contributed by atoms with Crippen LogP contribution in [0, 0.1) is 0 Å². The van der Waals surface area contributed by atoms with Crippen LogP contribution < -0.4 is 10.1 Å². The van der Waals surface area contributed by atoms with Gasteiger partial charge in [0, 0.05) is 31.3 Å². The molecule has 1 aromatic heterocycles. The highest BCUT2D eigenvalue weighted by atomic mass is 79.9. The summed E-state index contributed by atoms with van der Waals surface area (Å²) in [5, 5.41) is 3.29. The van der Waals surface area contributed by atoms with Crippen LogP contribution in [-0.2, 0) is 11.3 Å². The third kappa shape index (κ3) is 5.04. The van der Waals surface area contributed by atoms with Crippen molar-refractivity contribution in [3.05, 3.63) is 52.8 Å². The number of aromatic nitrogens is 1. The molecule has 0 unspecified atom stereocenters. The Balaban J connectivity index is 1.92. The van der Waals surface area contributed by atoms with Gasteiger partial charge in [0.05, 0.1) is 11.9 Å². The molecule has 0 aliphatic carbocycles. The van der Waals surface area contributed by atoms with Crippen molar-refractivity contribution in [2.45, 2.75) is 6.54 Å². The first-order valence-electron chi connectivity index (χ1n) is 6.81. The molecule has 1 amide bonds. The van der Waals surface area contributed by atoms with Gasteiger partial charge >= 0.3 is 0 Å². The van der Waals surface area contributed by atoms with Gasteiger partial charge in [0.25, 0.3) is 5.91 Å². The highest BCUT2D eigenvalue weighted by Gasteiger charge is 2.05. The van der Waals surface area contributed by atoms with E-state index >= 15 is 0 Å². The summed E-state index contributed by atoms with van der Waals surface area (Å²) in [6.07, 6.45) is 3.50. The van der Waals surface area contributed by atoms with Crippen molar-refractivity contribution in [3.8, 4) is 5.75 Å². The maximum absolute atomic E-state index is 11.5. The number of carbonyl (C=O) groups excluding carboxylic acids is 1. The Morgan fingerprint density at radius 3 is 2.86 bits per heavy atom. The first-order chi connectivity index (χ1) is 10.5. The number of nitrogens with zero attached hydrogens (tertiary/aromatic N) is 2. The number of rotatable bonds is 6. The lowest BCUT2D eigenvalue weighted by atomic mass is 10.2. The van der Waals surface area contributed by atoms with Gasteiger partial charge in [0.15, 0.2) is 6.61 Å². The van der Waals surface area contributed by atoms with Gasteiger partial charge in [0.1, 0.15) is 5.75 Å². The van der Waals surface area contributed by atoms with Crippen molar-refractivity contribution in [1.29, 1.82) is 0 Å². The molecule has 22 heavy (non-hydrogen) atoms. The van der Waals surface area contributed by atoms with E-state index in [1.807, 2.05) is 30.3 Å². The molecule has 0 aliphatic heterocycles. The number of amides is 1. The highest BCUT2D eigenvalue weighted by molar-refractivity contribution is 9.10. The monoisotopic (exact) mass is 363 g/mol. The smallest absolute Gasteiger partial charge is 0.259 e. The summed E-state index contributed by atoms with van der Waals surface area (Å²) in [5.74, 6) is 0.616. The largest absolute Gasteiger partial charge is 0.484 e. The van der Waals surface area contributed by atoms with Crippen LogP contribution in [0.2, 0.25) is 0 Å². The van der Waals surface area contributed by atoms with Crippen LogP contribution in [0.25, 0.3) is 0 Å². The number of halogens is 1. The summed E-state index contributed by atoms with van der Waals surface area (Å²) in [6.45, 7) is 0.691. The summed E-state index contributed by atoms with van der Waals surface area (Å²) in [5.41, 5.74) is 2.00. The molecule has 1 heterocycles. The van der Waals surface area contributed by atoms with Crippen LogP contribution in [0.15, 0.2) is 47.2 Å². The molecule has 0 saturated carbocycles. The highest BCUT2D eigenvalue weighted by Crippen LogP contribution is 2.17. The van der Waals surface area contributed by atoms with E-state index in [0.717, 1.165) is 15.7 Å². The third-order valence-electron chi connectivity index (χ3n) is 2.96. The number of carbonyl (C=O) groups is 1. The van der Waals surface area contributed by atoms with E-state index in [1.54, 1.807) is 26.5 Å². The molecule has 0 radical (unpaired) electrons. The molecule has 0 atom stereocenters. The number of ether oxygens (including phenoxy) is 1. The summed E-state index contributed by atoms with van der Waals surface area (Å²) < 4.78 is 6.43. The van der Waals surface area contributed by atoms with E-state index in [4.69, 9.17) is 4.74 Å². The number of pyridine rings is 1. The molecule has 6 heteroatoms. The quantitative estimate of drug-likeness (QED) is 0.857. The Morgan fingerprint density at radius 2 is 2.14 bits per heavy atom. The van der Waals surface area contributed by atoms with Gasteiger partial charge in [-0.05, 0) is 39.7 Å². The molecule has 5 nitrogen and oxygen atoms in total. The van der Waals surface area contributed by atoms with E-state index in [9.17, 15) is 4.79 Å². The molecule has 0 bridgehead atoms. The van der Waals surface area contributed by atoms with Crippen LogP contribution in [0.3, 0.4) is 0 Å². The summed E-state index contributed by atoms with van der Waals surface area (Å²) in [7, 11) is 3.41. The van der Waals surface area contributed by atoms with E-state index in [2.05, 4.69) is 26.2 Å². The number of hydrogen-bond acceptors (Lipinski definition) is 4. The van der Waals surface area contributed by atoms with E-state index in [0.29, 0.717) is 12.3 Å². The molecule has 1 N–H and O–H groups in total. The molecular formula is C16H18BrN3O2. The molecule has 2 rings (SSSR count). The predicted molar refractivity (Wildman–Crippen MR) is 89.9 cm³/mol. The van der Waals surface area contributed by atoms with Gasteiger partial charge in [-0.2, -0.15) is 0 Å². The Morgan fingerprint density at radius 1 is 1.32 bits per heavy atom. The van der Waals surface area contributed by atoms with E-state index < -0.39 is 0 Å². The van der Waals surface area contributed by atoms with Gasteiger partial charge in [-0.15, -0.1) is 0 Å². The lowest BCUT2D eigenvalue weighted by molar-refractivity contribution is -0.130. The van der Waals surface area contributed by atoms with Crippen molar-refractivity contribution in [2.24, 2.45) is 0 Å². The molecule has 0 aliphatic rings. The second kappa shape index (κ2) is 7.79. The lowest BCUT2D eigenvalue weighted by Gasteiger charge is -2.12. The maximum Gasteiger partial charge on any atom is 0.259 e. The van der Waals surface area contributed by atoms with E-state index in [1.165, 1.54) is 4.90 Å². The zero-order valence-electron chi connectivity index (χ0n) is 12.5. The van der Waals surface area contributed by atoms with Gasteiger partial charge in [-0.1, -0.05) is 12.1 Å². The standard InChI is InChI=1S/C16H18BrN3O2/c1-20(2)16(21)11-22-15-5-3-4-12(6-15)8-19-14-7-13(17)9-18-10-14/h3-7,9-10,19H,8,11H2,1-2H3. The van der Waals surface area contributed by atoms with Crippen molar-refractivity contribution in [3.63, 3.8) is 0 Å². The normalized spacial score (nSPS) is 10.1. The third-order valence-corrected chi connectivity index (χ3v) is 3.39. The predicted octanol–water partition coefficient (Wildman–Crippen LogP) is 2.92. The number of hydrogen-bond donors (Lipinski definition) is 1. The Bertz CT molecular complexity index is 647. The number of anilines is 1. The van der Waals surface area contributed by atoms with Gasteiger partial charge in [0.2, 0.25) is 0 Å². The van der Waals surface area contributed by atoms with Crippen molar-refractivity contribution < 1.29 is 9.53 Å². The topological polar surface area (TPSA) is 54.5 Å². The number of nitrogens with one attached hydrogen (secondary N) is 1. The fraction of sp³-hybridized carbons (Fsp3) is 0.250. The van der Waals surface area contributed by atoms with Crippen LogP contribution in [0.1, 0.15) is 5.56 Å². The summed E-state index contributed by atoms with van der Waals surface area (Å²) in [4.78, 5) is 17.1. The fourth-order valence-electron chi connectivity index (χ4n) is 1.73. The van der Waals surface area contributed by atoms with Crippen LogP contribution in [-0.4, -0.2) is 36.5 Å². The van der Waals surface area contributed by atoms with Crippen LogP contribution >= 0.6 is 15.9 Å². The zero-order valence-corrected chi connectivity index (χ0v) is 14.1. The minimum absolute atomic E-state index is 0.0411. The minimum Gasteiger partial charge on any atom is -0.484 e. The average Bonchev–Trinajstić information content (AvgIpc) is 2.51. The second-order valence-electron chi connectivity index (χ2n) is 4.97. The molecule has 116 valence electrons. The Hall–Kier alpha value is -2.08. The Labute approximate surface area is 138 Å². The van der Waals surface area contributed by atoms with Crippen molar-refractivity contribution in [1.82, 2.24) is 9.88 Å². The second-order valence-corrected chi connectivity index (χ2v) is 5.89. The lowest BCUT2D eigenvalue weighted by Crippen LogP contribution is -2.27. The van der Waals surface area contributed by atoms with E-state index in [-0.39, 0.29) is 12.5 Å². The zero-order chi connectivity index (χ0) is 15.9. The molecular weight excluding hydrogens is 346 g/mol. The fourth-order valence-corrected chi connectivity index (χ4v) is 2.10. The van der Waals surface area contributed by atoms with Crippen molar-refractivity contribution in [2.75, 3.05) is 26.0 Å². The summed E-state index contributed by atoms with van der Waals surface area (Å²) >= 11 is 3.39. The first-order valence-corrected chi connectivity index (χ1v) is 7.60. The minimum atomic E-state index is -0.0660. The molecule has 0 saturated heterocycles. The van der Waals surface area contributed by atoms with Gasteiger partial charge < -0.3 is 15.0 Å². The molecule has 0 fully saturated rings. The van der Waals surface area contributed by atoms with Crippen LogP contribution in [0.5, 0.6) is 5.75 Å². The molecule has 0 spiro atoms. The first kappa shape index (κ1) is 16.3. The summed E-state index contributed by atoms with van der Waals surface area (Å²) in [6, 6.07) is 9.63. The van der Waals surface area contributed by atoms with Gasteiger partial charge in [-0.3, -0.25) is 9.78 Å². The number of likely N-dealkylation sites (N-methyl/N-ethyl adjacent to an activating group) is 1. The van der Waals surface area contributed by atoms with Gasteiger partial charge in [-0.25, -0.2) is 0 Å². The van der Waals surface area contributed by atoms with Crippen molar-refractivity contribution >= 4 is 27.5 Å². The molecule has 1 aromatic carbocycles. The maximum atomic E-state index is 11.5. The number of benzene rings is 1.